The molecular formula is C16H21N3O2. The van der Waals surface area contributed by atoms with E-state index in [0.717, 1.165) is 37.4 Å². The van der Waals surface area contributed by atoms with Crippen molar-refractivity contribution in [2.75, 3.05) is 19.8 Å². The van der Waals surface area contributed by atoms with Crippen molar-refractivity contribution < 1.29 is 9.84 Å². The number of hydrogen-bond acceptors (Lipinski definition) is 5. The lowest BCUT2D eigenvalue weighted by atomic mass is 10.0. The molecule has 0 radical (unpaired) electrons. The Morgan fingerprint density at radius 3 is 2.86 bits per heavy atom. The molecule has 0 amide bonds. The Bertz CT molecular complexity index is 552. The van der Waals surface area contributed by atoms with Crippen molar-refractivity contribution in [3.63, 3.8) is 0 Å². The molecule has 1 atom stereocenters. The van der Waals surface area contributed by atoms with Gasteiger partial charge in [0.2, 0.25) is 0 Å². The van der Waals surface area contributed by atoms with Crippen LogP contribution in [-0.2, 0) is 10.3 Å². The number of hydrogen-bond donors (Lipinski definition) is 1. The van der Waals surface area contributed by atoms with Gasteiger partial charge in [-0.1, -0.05) is 0 Å². The third-order valence-corrected chi connectivity index (χ3v) is 3.87. The standard InChI is InChI=1S/C16H21N3O2/c1-16(2,20)15-4-3-12(9-18-15)14-10-19(7-6-17-14)13-5-8-21-11-13/h3-4,6,9-10,13,20H,5,7-8,11H2,1-2H3/t13-/m0/s1. The minimum absolute atomic E-state index is 0.440. The average molecular weight is 287 g/mol. The van der Waals surface area contributed by atoms with Crippen molar-refractivity contribution in [3.05, 3.63) is 35.8 Å². The first-order valence-electron chi connectivity index (χ1n) is 7.31. The van der Waals surface area contributed by atoms with Gasteiger partial charge >= 0.3 is 0 Å². The minimum Gasteiger partial charge on any atom is -0.384 e. The molecule has 3 rings (SSSR count). The van der Waals surface area contributed by atoms with Gasteiger partial charge in [-0.05, 0) is 32.4 Å². The van der Waals surface area contributed by atoms with Crippen LogP contribution in [0.15, 0.2) is 29.5 Å². The van der Waals surface area contributed by atoms with Gasteiger partial charge in [0, 0.05) is 30.8 Å². The van der Waals surface area contributed by atoms with Crippen LogP contribution in [0.1, 0.15) is 31.5 Å². The van der Waals surface area contributed by atoms with Crippen LogP contribution in [0.2, 0.25) is 0 Å². The molecule has 0 aliphatic carbocycles. The lowest BCUT2D eigenvalue weighted by Crippen LogP contribution is -2.34. The molecule has 1 aromatic heterocycles. The molecule has 1 fully saturated rings. The van der Waals surface area contributed by atoms with Gasteiger partial charge in [0.1, 0.15) is 5.60 Å². The van der Waals surface area contributed by atoms with Crippen molar-refractivity contribution in [2.24, 2.45) is 4.99 Å². The highest BCUT2D eigenvalue weighted by atomic mass is 16.5. The van der Waals surface area contributed by atoms with Gasteiger partial charge in [-0.2, -0.15) is 0 Å². The van der Waals surface area contributed by atoms with E-state index in [2.05, 4.69) is 21.1 Å². The Balaban J connectivity index is 1.80. The van der Waals surface area contributed by atoms with Crippen LogP contribution in [0.5, 0.6) is 0 Å². The van der Waals surface area contributed by atoms with Crippen LogP contribution < -0.4 is 0 Å². The quantitative estimate of drug-likeness (QED) is 0.920. The van der Waals surface area contributed by atoms with Crippen LogP contribution in [0.3, 0.4) is 0 Å². The summed E-state index contributed by atoms with van der Waals surface area (Å²) in [6.07, 6.45) is 6.84. The summed E-state index contributed by atoms with van der Waals surface area (Å²) in [6.45, 7) is 5.91. The number of nitrogens with zero attached hydrogens (tertiary/aromatic N) is 3. The molecule has 0 saturated carbocycles. The summed E-state index contributed by atoms with van der Waals surface area (Å²) in [6, 6.07) is 4.25. The Hall–Kier alpha value is -1.72. The molecule has 2 aliphatic heterocycles. The fourth-order valence-corrected chi connectivity index (χ4v) is 2.57. The highest BCUT2D eigenvalue weighted by Gasteiger charge is 2.23. The van der Waals surface area contributed by atoms with Gasteiger partial charge in [0.25, 0.3) is 0 Å². The molecule has 112 valence electrons. The first-order chi connectivity index (χ1) is 10.0. The van der Waals surface area contributed by atoms with Gasteiger partial charge in [-0.3, -0.25) is 9.98 Å². The van der Waals surface area contributed by atoms with Gasteiger partial charge < -0.3 is 14.7 Å². The Morgan fingerprint density at radius 2 is 2.24 bits per heavy atom. The molecule has 5 nitrogen and oxygen atoms in total. The summed E-state index contributed by atoms with van der Waals surface area (Å²) in [7, 11) is 0. The fraction of sp³-hybridized carbons (Fsp3) is 0.500. The van der Waals surface area contributed by atoms with Crippen molar-refractivity contribution in [1.82, 2.24) is 9.88 Å². The van der Waals surface area contributed by atoms with E-state index in [1.807, 2.05) is 18.3 Å². The maximum Gasteiger partial charge on any atom is 0.101 e. The number of pyridine rings is 1. The van der Waals surface area contributed by atoms with Crippen LogP contribution in [0, 0.1) is 0 Å². The topological polar surface area (TPSA) is 58.0 Å². The van der Waals surface area contributed by atoms with E-state index in [9.17, 15) is 5.11 Å². The van der Waals surface area contributed by atoms with Gasteiger partial charge in [-0.15, -0.1) is 0 Å². The molecule has 0 spiro atoms. The first kappa shape index (κ1) is 14.2. The van der Waals surface area contributed by atoms with E-state index < -0.39 is 5.60 Å². The summed E-state index contributed by atoms with van der Waals surface area (Å²) in [5, 5.41) is 9.95. The Morgan fingerprint density at radius 1 is 1.38 bits per heavy atom. The van der Waals surface area contributed by atoms with Crippen molar-refractivity contribution in [3.8, 4) is 0 Å². The van der Waals surface area contributed by atoms with Crippen LogP contribution in [-0.4, -0.2) is 47.0 Å². The number of aromatic nitrogens is 1. The minimum atomic E-state index is -0.921. The molecule has 0 aromatic carbocycles. The number of aliphatic hydroxyl groups is 1. The van der Waals surface area contributed by atoms with Crippen LogP contribution in [0.25, 0.3) is 5.70 Å². The maximum absolute atomic E-state index is 9.95. The first-order valence-corrected chi connectivity index (χ1v) is 7.31. The molecule has 1 aromatic rings. The molecular weight excluding hydrogens is 266 g/mol. The second-order valence-corrected chi connectivity index (χ2v) is 6.03. The predicted molar refractivity (Wildman–Crippen MR) is 81.9 cm³/mol. The molecule has 2 aliphatic rings. The Labute approximate surface area is 125 Å². The zero-order chi connectivity index (χ0) is 14.9. The third-order valence-electron chi connectivity index (χ3n) is 3.87. The summed E-state index contributed by atoms with van der Waals surface area (Å²) < 4.78 is 5.45. The van der Waals surface area contributed by atoms with E-state index in [0.29, 0.717) is 11.7 Å². The SMILES string of the molecule is CC(C)(O)c1ccc(C2=CN([C@H]3CCOC3)CC=N2)cn1. The van der Waals surface area contributed by atoms with Gasteiger partial charge in [0.05, 0.1) is 30.6 Å². The van der Waals surface area contributed by atoms with E-state index in [4.69, 9.17) is 4.74 Å². The summed E-state index contributed by atoms with van der Waals surface area (Å²) in [5.41, 5.74) is 1.61. The van der Waals surface area contributed by atoms with Crippen LogP contribution >= 0.6 is 0 Å². The van der Waals surface area contributed by atoms with E-state index in [-0.39, 0.29) is 0 Å². The molecule has 1 saturated heterocycles. The zero-order valence-corrected chi connectivity index (χ0v) is 12.5. The molecule has 21 heavy (non-hydrogen) atoms. The number of ether oxygens (including phenoxy) is 1. The third kappa shape index (κ3) is 3.14. The lowest BCUT2D eigenvalue weighted by molar-refractivity contribution is 0.0738. The van der Waals surface area contributed by atoms with Crippen molar-refractivity contribution >= 4 is 11.9 Å². The fourth-order valence-electron chi connectivity index (χ4n) is 2.57. The highest BCUT2D eigenvalue weighted by Crippen LogP contribution is 2.24. The van der Waals surface area contributed by atoms with E-state index in [1.165, 1.54) is 0 Å². The van der Waals surface area contributed by atoms with Crippen LogP contribution in [0.4, 0.5) is 0 Å². The van der Waals surface area contributed by atoms with Gasteiger partial charge in [0.15, 0.2) is 0 Å². The Kier molecular flexibility index (Phi) is 3.78. The zero-order valence-electron chi connectivity index (χ0n) is 12.5. The molecule has 0 bridgehead atoms. The van der Waals surface area contributed by atoms with Gasteiger partial charge in [-0.25, -0.2) is 0 Å². The van der Waals surface area contributed by atoms with Crippen molar-refractivity contribution in [2.45, 2.75) is 31.9 Å². The number of aliphatic imine (C=N–C) groups is 1. The summed E-state index contributed by atoms with van der Waals surface area (Å²) >= 11 is 0. The van der Waals surface area contributed by atoms with E-state index >= 15 is 0 Å². The second-order valence-electron chi connectivity index (χ2n) is 6.03. The summed E-state index contributed by atoms with van der Waals surface area (Å²) in [4.78, 5) is 11.1. The lowest BCUT2D eigenvalue weighted by Gasteiger charge is -2.27. The number of rotatable bonds is 3. The average Bonchev–Trinajstić information content (AvgIpc) is 3.01. The van der Waals surface area contributed by atoms with E-state index in [1.54, 1.807) is 20.0 Å². The molecule has 5 heteroatoms. The molecule has 1 N–H and O–H groups in total. The second kappa shape index (κ2) is 5.58. The smallest absolute Gasteiger partial charge is 0.101 e. The largest absolute Gasteiger partial charge is 0.384 e. The highest BCUT2D eigenvalue weighted by molar-refractivity contribution is 5.76. The summed E-state index contributed by atoms with van der Waals surface area (Å²) in [5.74, 6) is 0. The van der Waals surface area contributed by atoms with Crippen molar-refractivity contribution in [1.29, 1.82) is 0 Å². The molecule has 3 heterocycles. The predicted octanol–water partition coefficient (Wildman–Crippen LogP) is 1.78. The maximum atomic E-state index is 9.95. The molecule has 0 unspecified atom stereocenters. The normalized spacial score (nSPS) is 22.5. The monoisotopic (exact) mass is 287 g/mol.